The Balaban J connectivity index is 3.50. The van der Waals surface area contributed by atoms with E-state index in [1.807, 2.05) is 6.08 Å². The number of aliphatic hydroxyl groups is 2. The Kier molecular flexibility index (Phi) is 53.6. The third kappa shape index (κ3) is 51.2. The molecule has 2 atom stereocenters. The van der Waals surface area contributed by atoms with Gasteiger partial charge in [0.25, 0.3) is 0 Å². The Bertz CT molecular complexity index is 1110. The first kappa shape index (κ1) is 63.8. The van der Waals surface area contributed by atoms with Crippen LogP contribution in [0.15, 0.2) is 48.6 Å². The zero-order valence-corrected chi connectivity index (χ0v) is 43.9. The maximum absolute atomic E-state index is 12.5. The summed E-state index contributed by atoms with van der Waals surface area (Å²) in [5.74, 6) is -0.0972. The van der Waals surface area contributed by atoms with Crippen molar-refractivity contribution >= 4 is 11.9 Å². The molecule has 0 radical (unpaired) electrons. The van der Waals surface area contributed by atoms with Crippen molar-refractivity contribution in [3.8, 4) is 0 Å². The van der Waals surface area contributed by atoms with E-state index in [4.69, 9.17) is 4.74 Å². The van der Waals surface area contributed by atoms with Crippen LogP contribution in [0.5, 0.6) is 0 Å². The molecule has 66 heavy (non-hydrogen) atoms. The number of hydrogen-bond acceptors (Lipinski definition) is 5. The molecule has 0 fully saturated rings. The van der Waals surface area contributed by atoms with Gasteiger partial charge in [0.05, 0.1) is 25.4 Å². The van der Waals surface area contributed by atoms with Crippen LogP contribution in [0.25, 0.3) is 0 Å². The topological polar surface area (TPSA) is 95.9 Å². The molecule has 0 heterocycles. The summed E-state index contributed by atoms with van der Waals surface area (Å²) in [6.07, 6.45) is 69.8. The van der Waals surface area contributed by atoms with Crippen molar-refractivity contribution < 1.29 is 24.5 Å². The van der Waals surface area contributed by atoms with Gasteiger partial charge in [-0.25, -0.2) is 0 Å². The molecule has 0 saturated heterocycles. The Labute approximate surface area is 410 Å². The maximum atomic E-state index is 12.5. The SMILES string of the molecule is CCCCC/C=C\C/C=C\CCCCCCCCCC(=O)OCCCCCCCCC/C=C\CCCCCCCC(=O)NC(CO)C(O)/C=C/CCCCCCCCCCCCCCCC. The van der Waals surface area contributed by atoms with E-state index in [0.717, 1.165) is 70.6 Å². The summed E-state index contributed by atoms with van der Waals surface area (Å²) in [6, 6.07) is -0.641. The highest BCUT2D eigenvalue weighted by atomic mass is 16.5. The second-order valence-electron chi connectivity index (χ2n) is 19.6. The van der Waals surface area contributed by atoms with Gasteiger partial charge < -0.3 is 20.3 Å². The fraction of sp³-hybridized carbons (Fsp3) is 0.833. The van der Waals surface area contributed by atoms with E-state index in [0.29, 0.717) is 19.4 Å². The number of aliphatic hydroxyl groups excluding tert-OH is 2. The van der Waals surface area contributed by atoms with Crippen molar-refractivity contribution in [2.24, 2.45) is 0 Å². The van der Waals surface area contributed by atoms with Gasteiger partial charge in [-0.2, -0.15) is 0 Å². The van der Waals surface area contributed by atoms with Crippen molar-refractivity contribution in [2.75, 3.05) is 13.2 Å². The van der Waals surface area contributed by atoms with Gasteiger partial charge in [-0.05, 0) is 89.9 Å². The van der Waals surface area contributed by atoms with Crippen LogP contribution < -0.4 is 5.32 Å². The summed E-state index contributed by atoms with van der Waals surface area (Å²) in [6.45, 7) is 4.85. The summed E-state index contributed by atoms with van der Waals surface area (Å²) >= 11 is 0. The van der Waals surface area contributed by atoms with E-state index in [9.17, 15) is 19.8 Å². The second kappa shape index (κ2) is 55.4. The molecule has 0 aliphatic heterocycles. The van der Waals surface area contributed by atoms with Crippen LogP contribution in [-0.2, 0) is 14.3 Å². The molecule has 0 saturated carbocycles. The van der Waals surface area contributed by atoms with Crippen LogP contribution in [0.1, 0.15) is 296 Å². The molecule has 3 N–H and O–H groups in total. The van der Waals surface area contributed by atoms with Crippen LogP contribution in [0, 0.1) is 0 Å². The molecule has 0 bridgehead atoms. The zero-order chi connectivity index (χ0) is 47.9. The molecular formula is C60H111NO5. The van der Waals surface area contributed by atoms with Gasteiger partial charge in [0.1, 0.15) is 0 Å². The molecule has 0 aliphatic carbocycles. The Hall–Kier alpha value is -2.18. The fourth-order valence-corrected chi connectivity index (χ4v) is 8.60. The quantitative estimate of drug-likeness (QED) is 0.0321. The Morgan fingerprint density at radius 1 is 0.424 bits per heavy atom. The maximum Gasteiger partial charge on any atom is 0.305 e. The van der Waals surface area contributed by atoms with Crippen LogP contribution in [0.3, 0.4) is 0 Å². The zero-order valence-electron chi connectivity index (χ0n) is 43.9. The number of carbonyl (C=O) groups is 2. The third-order valence-electron chi connectivity index (χ3n) is 13.1. The van der Waals surface area contributed by atoms with Gasteiger partial charge >= 0.3 is 5.97 Å². The fourth-order valence-electron chi connectivity index (χ4n) is 8.60. The smallest absolute Gasteiger partial charge is 0.305 e. The van der Waals surface area contributed by atoms with E-state index in [1.165, 1.54) is 199 Å². The lowest BCUT2D eigenvalue weighted by Gasteiger charge is -2.20. The number of esters is 1. The van der Waals surface area contributed by atoms with Gasteiger partial charge in [-0.15, -0.1) is 0 Å². The van der Waals surface area contributed by atoms with E-state index in [2.05, 4.69) is 55.6 Å². The van der Waals surface area contributed by atoms with E-state index >= 15 is 0 Å². The van der Waals surface area contributed by atoms with Crippen molar-refractivity contribution in [3.63, 3.8) is 0 Å². The van der Waals surface area contributed by atoms with E-state index in [-0.39, 0.29) is 18.5 Å². The molecule has 6 heteroatoms. The standard InChI is InChI=1S/C60H111NO5/c1-3-5-7-9-11-13-15-17-19-21-26-30-34-38-42-46-50-54-60(65)66-55-51-47-43-39-35-31-27-23-22-25-29-33-37-41-45-49-53-59(64)61-57(56-62)58(63)52-48-44-40-36-32-28-24-20-18-16-14-12-10-8-6-4-2/h11,13,17,19,22,25,48,52,57-58,62-63H,3-10,12,14-16,18,20-21,23-24,26-47,49-51,53-56H2,1-2H3,(H,61,64)/b13-11-,19-17-,25-22-,52-48+. The minimum Gasteiger partial charge on any atom is -0.466 e. The summed E-state index contributed by atoms with van der Waals surface area (Å²) < 4.78 is 5.47. The third-order valence-corrected chi connectivity index (χ3v) is 13.1. The summed E-state index contributed by atoms with van der Waals surface area (Å²) in [5.41, 5.74) is 0. The van der Waals surface area contributed by atoms with Gasteiger partial charge in [-0.1, -0.05) is 242 Å². The molecule has 1 amide bonds. The highest BCUT2D eigenvalue weighted by Crippen LogP contribution is 2.16. The molecular weight excluding hydrogens is 815 g/mol. The Morgan fingerprint density at radius 2 is 0.758 bits per heavy atom. The summed E-state index contributed by atoms with van der Waals surface area (Å²) in [5, 5.41) is 23.1. The predicted molar refractivity (Wildman–Crippen MR) is 287 cm³/mol. The number of amides is 1. The highest BCUT2D eigenvalue weighted by molar-refractivity contribution is 5.76. The van der Waals surface area contributed by atoms with Crippen LogP contribution in [0.4, 0.5) is 0 Å². The Morgan fingerprint density at radius 3 is 1.20 bits per heavy atom. The van der Waals surface area contributed by atoms with Crippen LogP contribution in [-0.4, -0.2) is 47.4 Å². The average Bonchev–Trinajstić information content (AvgIpc) is 3.32. The number of unbranched alkanes of at least 4 members (excludes halogenated alkanes) is 36. The van der Waals surface area contributed by atoms with Crippen molar-refractivity contribution in [1.82, 2.24) is 5.32 Å². The van der Waals surface area contributed by atoms with Crippen LogP contribution in [0.2, 0.25) is 0 Å². The lowest BCUT2D eigenvalue weighted by Crippen LogP contribution is -2.45. The largest absolute Gasteiger partial charge is 0.466 e. The first-order valence-electron chi connectivity index (χ1n) is 28.9. The number of rotatable bonds is 53. The van der Waals surface area contributed by atoms with Gasteiger partial charge in [0, 0.05) is 12.8 Å². The van der Waals surface area contributed by atoms with Gasteiger partial charge in [-0.3, -0.25) is 9.59 Å². The molecule has 0 aromatic rings. The van der Waals surface area contributed by atoms with E-state index in [1.54, 1.807) is 6.08 Å². The molecule has 2 unspecified atom stereocenters. The molecule has 0 aromatic heterocycles. The van der Waals surface area contributed by atoms with Gasteiger partial charge in [0.2, 0.25) is 5.91 Å². The number of nitrogens with one attached hydrogen (secondary N) is 1. The average molecular weight is 927 g/mol. The number of ether oxygens (including phenoxy) is 1. The van der Waals surface area contributed by atoms with Crippen molar-refractivity contribution in [1.29, 1.82) is 0 Å². The predicted octanol–water partition coefficient (Wildman–Crippen LogP) is 17.8. The molecule has 6 nitrogen and oxygen atoms in total. The highest BCUT2D eigenvalue weighted by Gasteiger charge is 2.18. The molecule has 0 spiro atoms. The first-order valence-corrected chi connectivity index (χ1v) is 28.9. The normalized spacial score (nSPS) is 13.0. The molecule has 386 valence electrons. The number of hydrogen-bond donors (Lipinski definition) is 3. The molecule has 0 aliphatic rings. The second-order valence-corrected chi connectivity index (χ2v) is 19.6. The van der Waals surface area contributed by atoms with Gasteiger partial charge in [0.15, 0.2) is 0 Å². The number of allylic oxidation sites excluding steroid dienone is 7. The van der Waals surface area contributed by atoms with Crippen molar-refractivity contribution in [3.05, 3.63) is 48.6 Å². The lowest BCUT2D eigenvalue weighted by molar-refractivity contribution is -0.143. The van der Waals surface area contributed by atoms with Crippen molar-refractivity contribution in [2.45, 2.75) is 309 Å². The summed E-state index contributed by atoms with van der Waals surface area (Å²) in [7, 11) is 0. The lowest BCUT2D eigenvalue weighted by atomic mass is 10.0. The monoisotopic (exact) mass is 926 g/mol. The summed E-state index contributed by atoms with van der Waals surface area (Å²) in [4.78, 5) is 24.5. The molecule has 0 rings (SSSR count). The first-order chi connectivity index (χ1) is 32.5. The van der Waals surface area contributed by atoms with Crippen LogP contribution >= 0.6 is 0 Å². The minimum atomic E-state index is -0.856. The van der Waals surface area contributed by atoms with E-state index < -0.39 is 12.1 Å². The minimum absolute atomic E-state index is 0.0121. The molecule has 0 aromatic carbocycles. The number of carbonyl (C=O) groups excluding carboxylic acids is 2.